The number of hydrogen-bond donors (Lipinski definition) is 2. The van der Waals surface area contributed by atoms with E-state index in [0.717, 1.165) is 31.6 Å². The summed E-state index contributed by atoms with van der Waals surface area (Å²) in [5.74, 6) is 0.319. The Bertz CT molecular complexity index is 321. The fraction of sp³-hybridized carbons (Fsp3) is 0.538. The average molecular weight is 223 g/mol. The minimum atomic E-state index is 0.159. The van der Waals surface area contributed by atoms with Crippen molar-refractivity contribution in [3.8, 4) is 11.5 Å². The van der Waals surface area contributed by atoms with E-state index < -0.39 is 0 Å². The number of phenols is 2. The molecule has 1 aromatic rings. The maximum Gasteiger partial charge on any atom is 0.124 e. The van der Waals surface area contributed by atoms with Crippen molar-refractivity contribution in [2.75, 3.05) is 18.0 Å². The summed E-state index contributed by atoms with van der Waals surface area (Å²) in [6.45, 7) is 7.83. The van der Waals surface area contributed by atoms with Crippen LogP contribution in [0.4, 0.5) is 5.69 Å². The molecule has 0 heterocycles. The van der Waals surface area contributed by atoms with Gasteiger partial charge in [-0.05, 0) is 19.8 Å². The third-order valence-corrected chi connectivity index (χ3v) is 2.69. The van der Waals surface area contributed by atoms with Crippen LogP contribution in [0, 0.1) is 6.92 Å². The minimum absolute atomic E-state index is 0.159. The lowest BCUT2D eigenvalue weighted by Crippen LogP contribution is -2.24. The van der Waals surface area contributed by atoms with Crippen molar-refractivity contribution in [1.82, 2.24) is 0 Å². The van der Waals surface area contributed by atoms with Crippen LogP contribution < -0.4 is 4.90 Å². The largest absolute Gasteiger partial charge is 0.507 e. The molecule has 3 nitrogen and oxygen atoms in total. The van der Waals surface area contributed by atoms with Crippen molar-refractivity contribution < 1.29 is 10.2 Å². The van der Waals surface area contributed by atoms with Crippen LogP contribution in [0.2, 0.25) is 0 Å². The van der Waals surface area contributed by atoms with Crippen LogP contribution in [-0.4, -0.2) is 23.3 Å². The smallest absolute Gasteiger partial charge is 0.124 e. The van der Waals surface area contributed by atoms with E-state index in [1.165, 1.54) is 0 Å². The Morgan fingerprint density at radius 3 is 1.81 bits per heavy atom. The zero-order chi connectivity index (χ0) is 12.1. The Morgan fingerprint density at radius 2 is 1.44 bits per heavy atom. The third-order valence-electron chi connectivity index (χ3n) is 2.69. The highest BCUT2D eigenvalue weighted by Crippen LogP contribution is 2.32. The lowest BCUT2D eigenvalue weighted by molar-refractivity contribution is 0.443. The molecule has 1 rings (SSSR count). The van der Waals surface area contributed by atoms with Crippen molar-refractivity contribution in [2.24, 2.45) is 0 Å². The number of hydrogen-bond acceptors (Lipinski definition) is 3. The standard InChI is InChI=1S/C13H21NO2/c1-4-6-14(7-5-2)11-8-12(15)10(3)13(16)9-11/h8-9,15-16H,4-7H2,1-3H3. The third kappa shape index (κ3) is 2.81. The van der Waals surface area contributed by atoms with Crippen LogP contribution in [-0.2, 0) is 0 Å². The number of anilines is 1. The summed E-state index contributed by atoms with van der Waals surface area (Å²) in [5, 5.41) is 19.4. The monoisotopic (exact) mass is 223 g/mol. The van der Waals surface area contributed by atoms with Crippen molar-refractivity contribution in [2.45, 2.75) is 33.6 Å². The second-order valence-corrected chi connectivity index (χ2v) is 4.10. The van der Waals surface area contributed by atoms with Crippen LogP contribution in [0.3, 0.4) is 0 Å². The lowest BCUT2D eigenvalue weighted by atomic mass is 10.1. The molecule has 0 unspecified atom stereocenters. The van der Waals surface area contributed by atoms with E-state index in [1.807, 2.05) is 0 Å². The molecular weight excluding hydrogens is 202 g/mol. The van der Waals surface area contributed by atoms with Crippen molar-refractivity contribution in [3.05, 3.63) is 17.7 Å². The molecule has 0 radical (unpaired) electrons. The zero-order valence-corrected chi connectivity index (χ0v) is 10.3. The molecule has 0 aliphatic carbocycles. The maximum atomic E-state index is 9.68. The molecule has 0 spiro atoms. The number of phenolic OH excluding ortho intramolecular Hbond substituents is 2. The van der Waals surface area contributed by atoms with Gasteiger partial charge in [0.05, 0.1) is 0 Å². The van der Waals surface area contributed by atoms with Gasteiger partial charge < -0.3 is 15.1 Å². The first-order valence-corrected chi connectivity index (χ1v) is 5.87. The number of aromatic hydroxyl groups is 2. The number of rotatable bonds is 5. The average Bonchev–Trinajstić information content (AvgIpc) is 2.25. The van der Waals surface area contributed by atoms with E-state index in [9.17, 15) is 10.2 Å². The van der Waals surface area contributed by atoms with Gasteiger partial charge in [0.1, 0.15) is 11.5 Å². The number of benzene rings is 1. The van der Waals surface area contributed by atoms with Crippen LogP contribution in [0.5, 0.6) is 11.5 Å². The van der Waals surface area contributed by atoms with Crippen molar-refractivity contribution in [1.29, 1.82) is 0 Å². The van der Waals surface area contributed by atoms with E-state index in [2.05, 4.69) is 18.7 Å². The highest BCUT2D eigenvalue weighted by atomic mass is 16.3. The molecule has 0 amide bonds. The molecular formula is C13H21NO2. The first kappa shape index (κ1) is 12.7. The number of nitrogens with zero attached hydrogens (tertiary/aromatic N) is 1. The first-order valence-electron chi connectivity index (χ1n) is 5.87. The van der Waals surface area contributed by atoms with Gasteiger partial charge in [0.2, 0.25) is 0 Å². The summed E-state index contributed by atoms with van der Waals surface area (Å²) < 4.78 is 0. The normalized spacial score (nSPS) is 10.4. The maximum absolute atomic E-state index is 9.68. The summed E-state index contributed by atoms with van der Waals surface area (Å²) >= 11 is 0. The molecule has 0 aliphatic heterocycles. The molecule has 0 saturated carbocycles. The predicted molar refractivity (Wildman–Crippen MR) is 67.3 cm³/mol. The molecule has 1 aromatic carbocycles. The van der Waals surface area contributed by atoms with Gasteiger partial charge in [-0.25, -0.2) is 0 Å². The molecule has 90 valence electrons. The first-order chi connectivity index (χ1) is 7.60. The van der Waals surface area contributed by atoms with E-state index in [4.69, 9.17) is 0 Å². The SMILES string of the molecule is CCCN(CCC)c1cc(O)c(C)c(O)c1. The van der Waals surface area contributed by atoms with E-state index in [0.29, 0.717) is 5.56 Å². The van der Waals surface area contributed by atoms with E-state index in [1.54, 1.807) is 19.1 Å². The summed E-state index contributed by atoms with van der Waals surface area (Å²) in [5.41, 5.74) is 1.43. The van der Waals surface area contributed by atoms with Gasteiger partial charge in [-0.2, -0.15) is 0 Å². The van der Waals surface area contributed by atoms with E-state index >= 15 is 0 Å². The van der Waals surface area contributed by atoms with Crippen LogP contribution in [0.25, 0.3) is 0 Å². The van der Waals surface area contributed by atoms with Crippen LogP contribution in [0.15, 0.2) is 12.1 Å². The van der Waals surface area contributed by atoms with Gasteiger partial charge in [0.15, 0.2) is 0 Å². The highest BCUT2D eigenvalue weighted by molar-refractivity contribution is 5.58. The quantitative estimate of drug-likeness (QED) is 0.806. The fourth-order valence-electron chi connectivity index (χ4n) is 1.76. The van der Waals surface area contributed by atoms with Gasteiger partial charge >= 0.3 is 0 Å². The second kappa shape index (κ2) is 5.64. The van der Waals surface area contributed by atoms with Gasteiger partial charge in [0.25, 0.3) is 0 Å². The van der Waals surface area contributed by atoms with Gasteiger partial charge in [-0.3, -0.25) is 0 Å². The lowest BCUT2D eigenvalue weighted by Gasteiger charge is -2.24. The van der Waals surface area contributed by atoms with Crippen molar-refractivity contribution in [3.63, 3.8) is 0 Å². The zero-order valence-electron chi connectivity index (χ0n) is 10.3. The van der Waals surface area contributed by atoms with Crippen molar-refractivity contribution >= 4 is 5.69 Å². The highest BCUT2D eigenvalue weighted by Gasteiger charge is 2.10. The van der Waals surface area contributed by atoms with E-state index in [-0.39, 0.29) is 11.5 Å². The summed E-state index contributed by atoms with van der Waals surface area (Å²) in [4.78, 5) is 2.18. The molecule has 16 heavy (non-hydrogen) atoms. The molecule has 2 N–H and O–H groups in total. The molecule has 0 aromatic heterocycles. The van der Waals surface area contributed by atoms with Gasteiger partial charge in [-0.1, -0.05) is 13.8 Å². The predicted octanol–water partition coefficient (Wildman–Crippen LogP) is 3.03. The van der Waals surface area contributed by atoms with Crippen LogP contribution >= 0.6 is 0 Å². The molecule has 0 atom stereocenters. The van der Waals surface area contributed by atoms with Gasteiger partial charge in [0, 0.05) is 36.5 Å². The summed E-state index contributed by atoms with van der Waals surface area (Å²) in [6.07, 6.45) is 2.10. The Labute approximate surface area is 97.3 Å². The Balaban J connectivity index is 3.00. The van der Waals surface area contributed by atoms with Gasteiger partial charge in [-0.15, -0.1) is 0 Å². The second-order valence-electron chi connectivity index (χ2n) is 4.10. The topological polar surface area (TPSA) is 43.7 Å². The fourth-order valence-corrected chi connectivity index (χ4v) is 1.76. The molecule has 0 fully saturated rings. The Morgan fingerprint density at radius 1 is 1.00 bits per heavy atom. The van der Waals surface area contributed by atoms with Crippen LogP contribution in [0.1, 0.15) is 32.3 Å². The summed E-state index contributed by atoms with van der Waals surface area (Å²) in [7, 11) is 0. The summed E-state index contributed by atoms with van der Waals surface area (Å²) in [6, 6.07) is 3.45. The molecule has 3 heteroatoms. The Kier molecular flexibility index (Phi) is 4.47. The molecule has 0 aliphatic rings. The minimum Gasteiger partial charge on any atom is -0.507 e. The molecule has 0 bridgehead atoms. The Hall–Kier alpha value is -1.38. The molecule has 0 saturated heterocycles.